The fraction of sp³-hybridized carbons (Fsp3) is 0.621. The molecule has 1 aliphatic carbocycles. The van der Waals surface area contributed by atoms with Gasteiger partial charge in [-0.1, -0.05) is 47.0 Å². The van der Waals surface area contributed by atoms with Crippen LogP contribution in [0.3, 0.4) is 0 Å². The van der Waals surface area contributed by atoms with Crippen LogP contribution in [-0.2, 0) is 11.2 Å². The number of aliphatic imine (C=N–C) groups is 1. The molecule has 0 aromatic heterocycles. The largest absolute Gasteiger partial charge is 0.351 e. The van der Waals surface area contributed by atoms with Crippen LogP contribution in [0.4, 0.5) is 4.79 Å². The van der Waals surface area contributed by atoms with Crippen molar-refractivity contribution in [1.82, 2.24) is 9.80 Å². The average molecular weight is 628 g/mol. The minimum atomic E-state index is -0.366. The molecule has 1 atom stereocenters. The molecular weight excluding hydrogens is 587 g/mol. The van der Waals surface area contributed by atoms with E-state index in [0.717, 1.165) is 66.8 Å². The number of fused-ring (bicyclic) bond motifs is 1. The minimum Gasteiger partial charge on any atom is -0.351 e. The van der Waals surface area contributed by atoms with Gasteiger partial charge in [0.2, 0.25) is 5.91 Å². The molecule has 1 aromatic rings. The van der Waals surface area contributed by atoms with Gasteiger partial charge in [-0.05, 0) is 80.5 Å². The Balaban J connectivity index is 0.00000195. The number of hydrogen-bond acceptors (Lipinski definition) is 3. The van der Waals surface area contributed by atoms with Crippen molar-refractivity contribution in [3.63, 3.8) is 0 Å². The summed E-state index contributed by atoms with van der Waals surface area (Å²) in [6.45, 7) is 8.98. The molecule has 1 unspecified atom stereocenters. The molecule has 6 nitrogen and oxygen atoms in total. The molecule has 0 saturated carbocycles. The molecule has 0 spiro atoms. The smallest absolute Gasteiger partial charge is 0.314 e. The topological polar surface area (TPSA) is 79.0 Å². The van der Waals surface area contributed by atoms with Crippen LogP contribution < -0.4 is 5.73 Å². The Morgan fingerprint density at radius 1 is 1.08 bits per heavy atom. The van der Waals surface area contributed by atoms with Crippen molar-refractivity contribution in [3.05, 3.63) is 44.0 Å². The van der Waals surface area contributed by atoms with Gasteiger partial charge in [0.05, 0.1) is 5.88 Å². The van der Waals surface area contributed by atoms with Crippen molar-refractivity contribution >= 4 is 57.3 Å². The predicted octanol–water partition coefficient (Wildman–Crippen LogP) is 7.16. The number of primary amides is 1. The molecule has 2 heterocycles. The first kappa shape index (κ1) is 31.0. The second-order valence-electron chi connectivity index (χ2n) is 10.3. The zero-order valence-electron chi connectivity index (χ0n) is 22.8. The molecule has 0 radical (unpaired) electrons. The van der Waals surface area contributed by atoms with E-state index in [9.17, 15) is 9.59 Å². The predicted molar refractivity (Wildman–Crippen MR) is 161 cm³/mol. The normalized spacial score (nSPS) is 21.2. The Kier molecular flexibility index (Phi) is 12.0. The third-order valence-electron chi connectivity index (χ3n) is 8.04. The zero-order valence-corrected chi connectivity index (χ0v) is 25.9. The van der Waals surface area contributed by atoms with Crippen LogP contribution in [0.1, 0.15) is 76.3 Å². The number of carbonyl (C=O) groups excluding carboxylic acids is 2. The Bertz CT molecular complexity index is 1050. The Labute approximate surface area is 246 Å². The molecule has 2 saturated heterocycles. The van der Waals surface area contributed by atoms with Crippen molar-refractivity contribution in [2.75, 3.05) is 32.1 Å². The first-order chi connectivity index (χ1) is 18.3. The number of nitrogens with zero attached hydrogens (tertiary/aromatic N) is 3. The molecule has 2 N–H and O–H groups in total. The molecule has 2 fully saturated rings. The van der Waals surface area contributed by atoms with Crippen LogP contribution in [-0.4, -0.2) is 60.0 Å². The van der Waals surface area contributed by atoms with E-state index in [1.807, 2.05) is 24.8 Å². The molecule has 9 heteroatoms. The second-order valence-corrected chi connectivity index (χ2v) is 11.9. The van der Waals surface area contributed by atoms with E-state index in [1.165, 1.54) is 16.7 Å². The van der Waals surface area contributed by atoms with Gasteiger partial charge >= 0.3 is 6.03 Å². The third-order valence-corrected chi connectivity index (χ3v) is 9.06. The monoisotopic (exact) mass is 626 g/mol. The number of urea groups is 1. The Morgan fingerprint density at radius 3 is 2.32 bits per heavy atom. The Hall–Kier alpha value is -1.57. The lowest BCUT2D eigenvalue weighted by Gasteiger charge is -2.38. The van der Waals surface area contributed by atoms with E-state index in [-0.39, 0.29) is 17.9 Å². The molecule has 3 amide bonds. The maximum absolute atomic E-state index is 13.1. The number of allylic oxidation sites excluding steroid dienone is 2. The number of aryl methyl sites for hydroxylation is 1. The quantitative estimate of drug-likeness (QED) is 0.278. The molecule has 38 heavy (non-hydrogen) atoms. The molecule has 0 bridgehead atoms. The Morgan fingerprint density at radius 2 is 1.71 bits per heavy atom. The van der Waals surface area contributed by atoms with Crippen LogP contribution in [0.25, 0.3) is 0 Å². The van der Waals surface area contributed by atoms with Gasteiger partial charge in [-0.25, -0.2) is 4.79 Å². The first-order valence-electron chi connectivity index (χ1n) is 13.9. The zero-order chi connectivity index (χ0) is 27.8. The summed E-state index contributed by atoms with van der Waals surface area (Å²) in [6.07, 6.45) is 7.76. The van der Waals surface area contributed by atoms with Crippen LogP contribution in [0.5, 0.6) is 0 Å². The number of benzene rings is 1. The molecule has 4 rings (SSSR count). The highest BCUT2D eigenvalue weighted by molar-refractivity contribution is 9.10. The number of rotatable bonds is 5. The SMILES string of the molecule is CC.CC1=C(N=CCCl)C(C2CCN(C(=O)CC3CCN(C(N)=O)CC3)CC2)c2c(Br)cc(Cl)cc2CC1. The van der Waals surface area contributed by atoms with Crippen molar-refractivity contribution in [1.29, 1.82) is 0 Å². The third kappa shape index (κ3) is 7.54. The van der Waals surface area contributed by atoms with Gasteiger partial charge in [-0.15, -0.1) is 11.6 Å². The van der Waals surface area contributed by atoms with Gasteiger partial charge in [0.15, 0.2) is 0 Å². The van der Waals surface area contributed by atoms with Crippen molar-refractivity contribution < 1.29 is 9.59 Å². The maximum Gasteiger partial charge on any atom is 0.314 e. The van der Waals surface area contributed by atoms with Gasteiger partial charge < -0.3 is 15.5 Å². The van der Waals surface area contributed by atoms with Gasteiger partial charge in [0.25, 0.3) is 0 Å². The number of alkyl halides is 1. The minimum absolute atomic E-state index is 0.143. The van der Waals surface area contributed by atoms with E-state index < -0.39 is 0 Å². The van der Waals surface area contributed by atoms with Crippen molar-refractivity contribution in [2.45, 2.75) is 71.6 Å². The summed E-state index contributed by atoms with van der Waals surface area (Å²) in [4.78, 5) is 33.1. The van der Waals surface area contributed by atoms with E-state index in [1.54, 1.807) is 11.1 Å². The molecule has 210 valence electrons. The van der Waals surface area contributed by atoms with E-state index in [0.29, 0.717) is 37.2 Å². The molecular formula is C29H41BrCl2N4O2. The second kappa shape index (κ2) is 14.7. The summed E-state index contributed by atoms with van der Waals surface area (Å²) >= 11 is 16.2. The fourth-order valence-electron chi connectivity index (χ4n) is 6.04. The molecule has 1 aromatic carbocycles. The van der Waals surface area contributed by atoms with E-state index in [2.05, 4.69) is 28.9 Å². The van der Waals surface area contributed by atoms with Gasteiger partial charge in [-0.2, -0.15) is 0 Å². The number of nitrogens with two attached hydrogens (primary N) is 1. The number of amides is 3. The number of carbonyl (C=O) groups is 2. The summed E-state index contributed by atoms with van der Waals surface area (Å²) < 4.78 is 1.03. The van der Waals surface area contributed by atoms with Crippen molar-refractivity contribution in [2.24, 2.45) is 22.6 Å². The summed E-state index contributed by atoms with van der Waals surface area (Å²) in [5, 5.41) is 0.742. The van der Waals surface area contributed by atoms with Crippen LogP contribution in [0.15, 0.2) is 32.9 Å². The van der Waals surface area contributed by atoms with E-state index >= 15 is 0 Å². The fourth-order valence-corrected chi connectivity index (χ4v) is 7.23. The van der Waals surface area contributed by atoms with E-state index in [4.69, 9.17) is 33.9 Å². The standard InChI is InChI=1S/C27H35BrCl2N4O2.C2H6/c1-17-2-3-20-15-21(30)16-22(28)24(20)25(26(17)32-9-8-29)19-6-12-33(13-7-19)23(35)14-18-4-10-34(11-5-18)27(31)36;1-2/h9,15-16,18-19,25H,2-8,10-14H2,1H3,(H2,31,36);1-2H3. The molecule has 3 aliphatic rings. The van der Waals surface area contributed by atoms with Crippen LogP contribution >= 0.6 is 39.1 Å². The van der Waals surface area contributed by atoms with Gasteiger partial charge in [0.1, 0.15) is 0 Å². The number of likely N-dealkylation sites (tertiary alicyclic amines) is 2. The first-order valence-corrected chi connectivity index (χ1v) is 15.6. The number of hydrogen-bond donors (Lipinski definition) is 1. The highest BCUT2D eigenvalue weighted by atomic mass is 79.9. The summed E-state index contributed by atoms with van der Waals surface area (Å²) in [5.74, 6) is 1.45. The van der Waals surface area contributed by atoms with Gasteiger partial charge in [-0.3, -0.25) is 9.79 Å². The average Bonchev–Trinajstić information content (AvgIpc) is 3.05. The number of halogens is 3. The summed E-state index contributed by atoms with van der Waals surface area (Å²) in [6, 6.07) is 3.71. The summed E-state index contributed by atoms with van der Waals surface area (Å²) in [5.41, 5.74) is 10.4. The highest BCUT2D eigenvalue weighted by Crippen LogP contribution is 2.47. The van der Waals surface area contributed by atoms with Crippen LogP contribution in [0.2, 0.25) is 5.02 Å². The summed E-state index contributed by atoms with van der Waals surface area (Å²) in [7, 11) is 0. The van der Waals surface area contributed by atoms with Crippen molar-refractivity contribution in [3.8, 4) is 0 Å². The van der Waals surface area contributed by atoms with Gasteiger partial charge in [0, 0.05) is 59.9 Å². The lowest BCUT2D eigenvalue weighted by molar-refractivity contribution is -0.134. The lowest BCUT2D eigenvalue weighted by Crippen LogP contribution is -2.44. The lowest BCUT2D eigenvalue weighted by atomic mass is 9.76. The maximum atomic E-state index is 13.1. The van der Waals surface area contributed by atoms with Crippen LogP contribution in [0, 0.1) is 11.8 Å². The highest BCUT2D eigenvalue weighted by Gasteiger charge is 2.36. The number of piperidine rings is 2. The molecule has 2 aliphatic heterocycles.